The highest BCUT2D eigenvalue weighted by Crippen LogP contribution is 2.37. The molecule has 0 radical (unpaired) electrons. The Morgan fingerprint density at radius 3 is 1.00 bits per heavy atom. The van der Waals surface area contributed by atoms with E-state index >= 15 is 0 Å². The first kappa shape index (κ1) is 52.6. The molecule has 8 N–H and O–H groups in total. The first-order valence-electron chi connectivity index (χ1n) is 23.3. The van der Waals surface area contributed by atoms with Crippen LogP contribution in [0.3, 0.4) is 0 Å². The Morgan fingerprint density at radius 1 is 0.426 bits per heavy atom. The topological polar surface area (TPSA) is 258 Å². The average molecular weight is 945 g/mol. The second kappa shape index (κ2) is 25.7. The molecule has 0 aromatic heterocycles. The lowest BCUT2D eigenvalue weighted by molar-refractivity contribution is 0.0890. The molecule has 0 spiro atoms. The van der Waals surface area contributed by atoms with Gasteiger partial charge in [-0.25, -0.2) is 0 Å². The molecule has 0 unspecified atom stereocenters. The molecule has 68 heavy (non-hydrogen) atoms. The number of ketones is 2. The molecule has 5 rings (SSSR count). The molecule has 18 nitrogen and oxygen atoms in total. The van der Waals surface area contributed by atoms with Crippen LogP contribution < -0.4 is 61.2 Å². The van der Waals surface area contributed by atoms with Gasteiger partial charge >= 0.3 is 0 Å². The molecule has 0 saturated heterocycles. The van der Waals surface area contributed by atoms with E-state index in [1.807, 2.05) is 0 Å². The maximum absolute atomic E-state index is 14.0. The predicted molar refractivity (Wildman–Crippen MR) is 255 cm³/mol. The van der Waals surface area contributed by atoms with Crippen molar-refractivity contribution >= 4 is 35.2 Å². The van der Waals surface area contributed by atoms with Crippen molar-refractivity contribution in [1.82, 2.24) is 21.3 Å². The summed E-state index contributed by atoms with van der Waals surface area (Å²) in [5, 5.41) is 11.8. The van der Waals surface area contributed by atoms with Crippen molar-refractivity contribution < 1.29 is 57.2 Å². The van der Waals surface area contributed by atoms with Gasteiger partial charge in [-0.1, -0.05) is 0 Å². The van der Waals surface area contributed by atoms with Crippen LogP contribution in [0.2, 0.25) is 0 Å². The summed E-state index contributed by atoms with van der Waals surface area (Å²) in [7, 11) is 8.70. The van der Waals surface area contributed by atoms with Crippen LogP contribution in [0.25, 0.3) is 0 Å². The molecule has 2 saturated carbocycles. The second-order valence-corrected chi connectivity index (χ2v) is 17.2. The number of Topliss-reactive ketones (excluding diaryl/α,β-unsaturated/α-hetero) is 2. The van der Waals surface area contributed by atoms with E-state index in [9.17, 15) is 28.8 Å². The second-order valence-electron chi connectivity index (χ2n) is 17.2. The van der Waals surface area contributed by atoms with Crippen molar-refractivity contribution in [3.63, 3.8) is 0 Å². The number of ether oxygens (including phenoxy) is 6. The van der Waals surface area contributed by atoms with Crippen molar-refractivity contribution in [1.29, 1.82) is 0 Å². The number of carbonyl (C=O) groups excluding carboxylic acids is 6. The molecule has 2 fully saturated rings. The standard InChI is InChI=1S/C50H68N6O12/c1-63-41-26-42(64-2)34(40(58)22-30-11-15-32(16-12-30)56-50(62)38-25-36(48(60)54-20-8-18-52)44(66-4)28-46(38)68-6)23-33(41)39(57)21-29-9-13-31(14-10-29)55-49(61)37-24-35(47(59)53-19-7-17-51)43(65-3)27-45(37)67-5/h23-32H,7-22,51-52H2,1-6H3,(H,53,59)(H,54,60)(H,55,61)(H,56,62). The Morgan fingerprint density at radius 2 is 0.706 bits per heavy atom. The number of amides is 4. The summed E-state index contributed by atoms with van der Waals surface area (Å²) in [6.07, 6.45) is 6.92. The molecular formula is C50H68N6O12. The van der Waals surface area contributed by atoms with Crippen LogP contribution in [0.15, 0.2) is 36.4 Å². The van der Waals surface area contributed by atoms with Gasteiger partial charge in [0.25, 0.3) is 23.6 Å². The van der Waals surface area contributed by atoms with Gasteiger partial charge in [0.15, 0.2) is 11.6 Å². The van der Waals surface area contributed by atoms with Crippen molar-refractivity contribution in [2.75, 3.05) is 68.8 Å². The minimum atomic E-state index is -0.392. The molecular weight excluding hydrogens is 877 g/mol. The Labute approximate surface area is 398 Å². The lowest BCUT2D eigenvalue weighted by atomic mass is 9.81. The van der Waals surface area contributed by atoms with E-state index in [4.69, 9.17) is 39.9 Å². The van der Waals surface area contributed by atoms with Crippen LogP contribution in [0, 0.1) is 11.8 Å². The highest BCUT2D eigenvalue weighted by atomic mass is 16.5. The molecule has 2 aliphatic rings. The van der Waals surface area contributed by atoms with Crippen LogP contribution in [0.5, 0.6) is 34.5 Å². The molecule has 4 amide bonds. The number of methoxy groups -OCH3 is 6. The molecule has 370 valence electrons. The van der Waals surface area contributed by atoms with Gasteiger partial charge in [0.05, 0.1) is 76.0 Å². The Bertz CT molecular complexity index is 2120. The number of rotatable bonds is 24. The van der Waals surface area contributed by atoms with Crippen LogP contribution in [0.4, 0.5) is 0 Å². The number of carbonyl (C=O) groups is 6. The fraction of sp³-hybridized carbons (Fsp3) is 0.520. The quantitative estimate of drug-likeness (QED) is 0.0510. The normalized spacial score (nSPS) is 17.8. The molecule has 0 atom stereocenters. The van der Waals surface area contributed by atoms with Gasteiger partial charge in [-0.15, -0.1) is 0 Å². The van der Waals surface area contributed by atoms with E-state index in [2.05, 4.69) is 21.3 Å². The summed E-state index contributed by atoms with van der Waals surface area (Å²) in [6.45, 7) is 1.60. The first-order valence-corrected chi connectivity index (χ1v) is 23.3. The third kappa shape index (κ3) is 13.4. The Kier molecular flexibility index (Phi) is 19.8. The predicted octanol–water partition coefficient (Wildman–Crippen LogP) is 5.02. The fourth-order valence-corrected chi connectivity index (χ4v) is 8.93. The fourth-order valence-electron chi connectivity index (χ4n) is 8.93. The Balaban J connectivity index is 1.17. The van der Waals surface area contributed by atoms with Crippen molar-refractivity contribution in [2.45, 2.75) is 89.1 Å². The third-order valence-electron chi connectivity index (χ3n) is 12.8. The van der Waals surface area contributed by atoms with Crippen molar-refractivity contribution in [3.05, 3.63) is 69.8 Å². The van der Waals surface area contributed by atoms with Gasteiger partial charge < -0.3 is 61.2 Å². The number of nitrogens with two attached hydrogens (primary N) is 2. The number of hydrogen-bond donors (Lipinski definition) is 6. The summed E-state index contributed by atoms with van der Waals surface area (Å²) in [5.41, 5.74) is 12.6. The summed E-state index contributed by atoms with van der Waals surface area (Å²) in [4.78, 5) is 81.0. The van der Waals surface area contributed by atoms with Crippen molar-refractivity contribution in [2.24, 2.45) is 23.3 Å². The third-order valence-corrected chi connectivity index (χ3v) is 12.8. The minimum Gasteiger partial charge on any atom is -0.496 e. The summed E-state index contributed by atoms with van der Waals surface area (Å²) >= 11 is 0. The van der Waals surface area contributed by atoms with E-state index in [0.717, 1.165) is 0 Å². The van der Waals surface area contributed by atoms with Crippen LogP contribution >= 0.6 is 0 Å². The highest BCUT2D eigenvalue weighted by Gasteiger charge is 2.31. The molecule has 0 heterocycles. The van der Waals surface area contributed by atoms with E-state index in [-0.39, 0.29) is 105 Å². The average Bonchev–Trinajstić information content (AvgIpc) is 3.35. The van der Waals surface area contributed by atoms with Gasteiger partial charge in [0.1, 0.15) is 34.5 Å². The Hall–Kier alpha value is -6.40. The molecule has 2 aliphatic carbocycles. The van der Waals surface area contributed by atoms with Crippen LogP contribution in [-0.2, 0) is 0 Å². The van der Waals surface area contributed by atoms with Gasteiger partial charge in [-0.05, 0) is 107 Å². The molecule has 3 aromatic carbocycles. The van der Waals surface area contributed by atoms with E-state index in [1.165, 1.54) is 66.9 Å². The number of benzene rings is 3. The van der Waals surface area contributed by atoms with E-state index < -0.39 is 11.8 Å². The van der Waals surface area contributed by atoms with Gasteiger partial charge in [-0.2, -0.15) is 0 Å². The van der Waals surface area contributed by atoms with Crippen LogP contribution in [0.1, 0.15) is 139 Å². The van der Waals surface area contributed by atoms with Gasteiger partial charge in [0.2, 0.25) is 0 Å². The highest BCUT2D eigenvalue weighted by molar-refractivity contribution is 6.06. The maximum Gasteiger partial charge on any atom is 0.255 e. The number of hydrogen-bond acceptors (Lipinski definition) is 14. The van der Waals surface area contributed by atoms with Crippen molar-refractivity contribution in [3.8, 4) is 34.5 Å². The monoisotopic (exact) mass is 944 g/mol. The van der Waals surface area contributed by atoms with Gasteiger partial charge in [-0.3, -0.25) is 28.8 Å². The largest absolute Gasteiger partial charge is 0.496 e. The lowest BCUT2D eigenvalue weighted by Crippen LogP contribution is -2.38. The smallest absolute Gasteiger partial charge is 0.255 e. The SMILES string of the molecule is COc1cc(OC)c(C(=O)CC2CCC(NC(=O)c3cc(C(=O)NCCCN)c(OC)cc3OC)CC2)cc1C(=O)CC1CCC(NC(=O)c2cc(C(=O)NCCCN)c(OC)cc2OC)CC1. The summed E-state index contributed by atoms with van der Waals surface area (Å²) in [6, 6.07) is 8.83. The zero-order valence-electron chi connectivity index (χ0n) is 40.1. The summed E-state index contributed by atoms with van der Waals surface area (Å²) < 4.78 is 33.1. The van der Waals surface area contributed by atoms with Crippen LogP contribution in [-0.4, -0.2) is 116 Å². The molecule has 3 aromatic rings. The molecule has 18 heteroatoms. The summed E-state index contributed by atoms with van der Waals surface area (Å²) in [5.74, 6) is -0.0902. The zero-order valence-corrected chi connectivity index (χ0v) is 40.1. The zero-order chi connectivity index (χ0) is 49.3. The number of nitrogens with one attached hydrogen (secondary N) is 4. The lowest BCUT2D eigenvalue weighted by Gasteiger charge is -2.29. The maximum atomic E-state index is 14.0. The van der Waals surface area contributed by atoms with Gasteiger partial charge in [0, 0.05) is 56.2 Å². The minimum absolute atomic E-state index is 0.0375. The van der Waals surface area contributed by atoms with E-state index in [0.29, 0.717) is 113 Å². The molecule has 0 bridgehead atoms. The molecule has 0 aliphatic heterocycles. The van der Waals surface area contributed by atoms with E-state index in [1.54, 1.807) is 12.1 Å². The first-order chi connectivity index (χ1) is 32.8.